The number of benzene rings is 1. The van der Waals surface area contributed by atoms with Crippen molar-refractivity contribution in [2.45, 2.75) is 83.6 Å². The minimum Gasteiger partial charge on any atom is -0.490 e. The predicted octanol–water partition coefficient (Wildman–Crippen LogP) is 4.51. The molecule has 0 aliphatic carbocycles. The molecule has 1 atom stereocenters. The van der Waals surface area contributed by atoms with Gasteiger partial charge in [0.05, 0.1) is 25.2 Å². The molecule has 1 saturated heterocycles. The van der Waals surface area contributed by atoms with Gasteiger partial charge >= 0.3 is 5.97 Å². The standard InChI is InChI=1S/C28H44N2O6/c1-3-4-5-6-7-8-9-10-11-14-19-36-26(31)22-24-27(32)29-17-18-30(24)28(33)23-15-12-13-16-25(23)35-21-20-34-2/h12-13,15-16,24H,3-11,14,17-22H2,1-2H3,(H,29,32). The van der Waals surface area contributed by atoms with Gasteiger partial charge in [-0.2, -0.15) is 0 Å². The fourth-order valence-electron chi connectivity index (χ4n) is 4.31. The van der Waals surface area contributed by atoms with Gasteiger partial charge in [0.2, 0.25) is 5.91 Å². The lowest BCUT2D eigenvalue weighted by atomic mass is 10.1. The van der Waals surface area contributed by atoms with Crippen molar-refractivity contribution in [3.63, 3.8) is 0 Å². The Hall–Kier alpha value is -2.61. The van der Waals surface area contributed by atoms with Gasteiger partial charge in [-0.15, -0.1) is 0 Å². The van der Waals surface area contributed by atoms with Crippen LogP contribution < -0.4 is 10.1 Å². The maximum atomic E-state index is 13.3. The maximum absolute atomic E-state index is 13.3. The van der Waals surface area contributed by atoms with Crippen molar-refractivity contribution >= 4 is 17.8 Å². The van der Waals surface area contributed by atoms with E-state index in [0.717, 1.165) is 19.3 Å². The second-order valence-electron chi connectivity index (χ2n) is 9.25. The molecular weight excluding hydrogens is 460 g/mol. The SMILES string of the molecule is CCCCCCCCCCCCOC(=O)CC1C(=O)NCCN1C(=O)c1ccccc1OCCOC. The third kappa shape index (κ3) is 10.6. The molecule has 1 aliphatic rings. The molecular formula is C28H44N2O6. The first-order chi connectivity index (χ1) is 17.6. The number of amides is 2. The van der Waals surface area contributed by atoms with Gasteiger partial charge in [0.1, 0.15) is 18.4 Å². The van der Waals surface area contributed by atoms with Crippen molar-refractivity contribution < 1.29 is 28.6 Å². The quantitative estimate of drug-likeness (QED) is 0.234. The zero-order valence-electron chi connectivity index (χ0n) is 22.1. The van der Waals surface area contributed by atoms with Crippen molar-refractivity contribution in [3.8, 4) is 5.75 Å². The summed E-state index contributed by atoms with van der Waals surface area (Å²) in [6.07, 6.45) is 11.9. The van der Waals surface area contributed by atoms with Crippen LogP contribution in [0.2, 0.25) is 0 Å². The first-order valence-electron chi connectivity index (χ1n) is 13.5. The Bertz CT molecular complexity index is 800. The Kier molecular flexibility index (Phi) is 14.6. The van der Waals surface area contributed by atoms with E-state index in [1.807, 2.05) is 0 Å². The monoisotopic (exact) mass is 504 g/mol. The number of unbranched alkanes of at least 4 members (excludes halogenated alkanes) is 9. The molecule has 1 aliphatic heterocycles. The number of carbonyl (C=O) groups excluding carboxylic acids is 3. The number of nitrogens with zero attached hydrogens (tertiary/aromatic N) is 1. The highest BCUT2D eigenvalue weighted by molar-refractivity contribution is 6.01. The van der Waals surface area contributed by atoms with Crippen LogP contribution in [0, 0.1) is 0 Å². The van der Waals surface area contributed by atoms with Crippen molar-refractivity contribution in [1.29, 1.82) is 0 Å². The third-order valence-corrected chi connectivity index (χ3v) is 6.38. The van der Waals surface area contributed by atoms with Crippen LogP contribution in [0.3, 0.4) is 0 Å². The molecule has 0 radical (unpaired) electrons. The molecule has 1 N–H and O–H groups in total. The highest BCUT2D eigenvalue weighted by Gasteiger charge is 2.36. The molecule has 1 aromatic rings. The number of nitrogens with one attached hydrogen (secondary N) is 1. The lowest BCUT2D eigenvalue weighted by Gasteiger charge is -2.34. The molecule has 1 fully saturated rings. The highest BCUT2D eigenvalue weighted by atomic mass is 16.5. The van der Waals surface area contributed by atoms with Crippen LogP contribution in [-0.2, 0) is 19.1 Å². The van der Waals surface area contributed by atoms with Gasteiger partial charge in [-0.25, -0.2) is 0 Å². The normalized spacial score (nSPS) is 15.4. The van der Waals surface area contributed by atoms with Gasteiger partial charge in [0, 0.05) is 20.2 Å². The molecule has 0 spiro atoms. The van der Waals surface area contributed by atoms with E-state index < -0.39 is 12.0 Å². The van der Waals surface area contributed by atoms with E-state index in [4.69, 9.17) is 14.2 Å². The molecule has 2 rings (SSSR count). The summed E-state index contributed by atoms with van der Waals surface area (Å²) >= 11 is 0. The summed E-state index contributed by atoms with van der Waals surface area (Å²) in [6.45, 7) is 3.91. The number of carbonyl (C=O) groups is 3. The number of methoxy groups -OCH3 is 1. The van der Waals surface area contributed by atoms with Crippen LogP contribution in [0.4, 0.5) is 0 Å². The van der Waals surface area contributed by atoms with Gasteiger partial charge < -0.3 is 24.4 Å². The Labute approximate surface area is 216 Å². The molecule has 1 aromatic carbocycles. The molecule has 0 aromatic heterocycles. The zero-order chi connectivity index (χ0) is 26.0. The van der Waals surface area contributed by atoms with E-state index in [0.29, 0.717) is 44.2 Å². The van der Waals surface area contributed by atoms with Crippen LogP contribution in [0.5, 0.6) is 5.75 Å². The van der Waals surface area contributed by atoms with E-state index in [9.17, 15) is 14.4 Å². The number of ether oxygens (including phenoxy) is 3. The van der Waals surface area contributed by atoms with Crippen molar-refractivity contribution in [1.82, 2.24) is 10.2 Å². The minimum atomic E-state index is -0.904. The number of esters is 1. The number of hydrogen-bond donors (Lipinski definition) is 1. The van der Waals surface area contributed by atoms with Crippen LogP contribution in [0.1, 0.15) is 87.9 Å². The Morgan fingerprint density at radius 2 is 1.61 bits per heavy atom. The summed E-state index contributed by atoms with van der Waals surface area (Å²) in [5, 5.41) is 2.75. The summed E-state index contributed by atoms with van der Waals surface area (Å²) in [6, 6.07) is 6.00. The first kappa shape index (κ1) is 29.6. The summed E-state index contributed by atoms with van der Waals surface area (Å²) in [4.78, 5) is 39.8. The molecule has 202 valence electrons. The van der Waals surface area contributed by atoms with E-state index >= 15 is 0 Å². The Balaban J connectivity index is 1.78. The van der Waals surface area contributed by atoms with E-state index in [1.54, 1.807) is 31.4 Å². The maximum Gasteiger partial charge on any atom is 0.308 e. The fourth-order valence-corrected chi connectivity index (χ4v) is 4.31. The van der Waals surface area contributed by atoms with Crippen molar-refractivity contribution in [3.05, 3.63) is 29.8 Å². The van der Waals surface area contributed by atoms with Gasteiger partial charge in [-0.05, 0) is 18.6 Å². The number of para-hydroxylation sites is 1. The second kappa shape index (κ2) is 17.8. The highest BCUT2D eigenvalue weighted by Crippen LogP contribution is 2.23. The molecule has 1 heterocycles. The smallest absolute Gasteiger partial charge is 0.308 e. The largest absolute Gasteiger partial charge is 0.490 e. The average molecular weight is 505 g/mol. The van der Waals surface area contributed by atoms with Gasteiger partial charge in [-0.1, -0.05) is 76.8 Å². The van der Waals surface area contributed by atoms with Crippen molar-refractivity contribution in [2.75, 3.05) is 40.0 Å². The fraction of sp³-hybridized carbons (Fsp3) is 0.679. The second-order valence-corrected chi connectivity index (χ2v) is 9.25. The van der Waals surface area contributed by atoms with Crippen LogP contribution in [-0.4, -0.2) is 68.7 Å². The lowest BCUT2D eigenvalue weighted by molar-refractivity contribution is -0.147. The Morgan fingerprint density at radius 3 is 2.31 bits per heavy atom. The zero-order valence-corrected chi connectivity index (χ0v) is 22.1. The van der Waals surface area contributed by atoms with Crippen LogP contribution in [0.25, 0.3) is 0 Å². The third-order valence-electron chi connectivity index (χ3n) is 6.38. The topological polar surface area (TPSA) is 94.2 Å². The molecule has 0 saturated carbocycles. The van der Waals surface area contributed by atoms with E-state index in [2.05, 4.69) is 12.2 Å². The van der Waals surface area contributed by atoms with E-state index in [-0.39, 0.29) is 18.2 Å². The predicted molar refractivity (Wildman–Crippen MR) is 139 cm³/mol. The lowest BCUT2D eigenvalue weighted by Crippen LogP contribution is -2.57. The van der Waals surface area contributed by atoms with Gasteiger partial charge in [0.15, 0.2) is 0 Å². The average Bonchev–Trinajstić information content (AvgIpc) is 2.88. The molecule has 0 bridgehead atoms. The molecule has 1 unspecified atom stereocenters. The van der Waals surface area contributed by atoms with Crippen LogP contribution >= 0.6 is 0 Å². The van der Waals surface area contributed by atoms with Crippen molar-refractivity contribution in [2.24, 2.45) is 0 Å². The molecule has 8 heteroatoms. The summed E-state index contributed by atoms with van der Waals surface area (Å²) in [5.74, 6) is -0.725. The number of rotatable bonds is 18. The van der Waals surface area contributed by atoms with E-state index in [1.165, 1.54) is 49.8 Å². The molecule has 2 amide bonds. The summed E-state index contributed by atoms with van der Waals surface area (Å²) in [5.41, 5.74) is 0.354. The molecule has 36 heavy (non-hydrogen) atoms. The number of piperazine rings is 1. The van der Waals surface area contributed by atoms with Gasteiger partial charge in [-0.3, -0.25) is 14.4 Å². The Morgan fingerprint density at radius 1 is 0.944 bits per heavy atom. The summed E-state index contributed by atoms with van der Waals surface area (Å²) in [7, 11) is 1.58. The van der Waals surface area contributed by atoms with Crippen LogP contribution in [0.15, 0.2) is 24.3 Å². The van der Waals surface area contributed by atoms with Gasteiger partial charge in [0.25, 0.3) is 5.91 Å². The number of hydrogen-bond acceptors (Lipinski definition) is 6. The molecule has 8 nitrogen and oxygen atoms in total. The first-order valence-corrected chi connectivity index (χ1v) is 13.5. The summed E-state index contributed by atoms with van der Waals surface area (Å²) < 4.78 is 16.1. The minimum absolute atomic E-state index is 0.165.